The average Bonchev–Trinajstić information content (AvgIpc) is 2.97. The number of aromatic nitrogens is 2. The molecule has 0 spiro atoms. The Morgan fingerprint density at radius 3 is 2.67 bits per heavy atom. The largest absolute Gasteiger partial charge is 0.381 e. The van der Waals surface area contributed by atoms with E-state index in [-0.39, 0.29) is 11.5 Å². The monoisotopic (exact) mass is 295 g/mol. The normalized spacial score (nSPS) is 28.4. The highest BCUT2D eigenvalue weighted by atomic mass is 16.5. The zero-order chi connectivity index (χ0) is 14.9. The molecule has 6 nitrogen and oxygen atoms in total. The van der Waals surface area contributed by atoms with E-state index in [9.17, 15) is 0 Å². The maximum Gasteiger partial charge on any atom is 0.244 e. The first kappa shape index (κ1) is 14.9. The van der Waals surface area contributed by atoms with Crippen LogP contribution in [0.5, 0.6) is 0 Å². The molecule has 2 aliphatic rings. The molecule has 1 unspecified atom stereocenters. The molecule has 1 aromatic rings. The Morgan fingerprint density at radius 1 is 1.24 bits per heavy atom. The first-order valence-electron chi connectivity index (χ1n) is 7.78. The maximum atomic E-state index is 5.73. The molecule has 0 aromatic carbocycles. The topological polar surface area (TPSA) is 69.4 Å². The first-order valence-corrected chi connectivity index (χ1v) is 7.78. The van der Waals surface area contributed by atoms with Gasteiger partial charge in [0.2, 0.25) is 11.7 Å². The summed E-state index contributed by atoms with van der Waals surface area (Å²) in [5.41, 5.74) is -0.337. The number of hydrogen-bond donors (Lipinski definition) is 1. The van der Waals surface area contributed by atoms with E-state index in [1.54, 1.807) is 7.11 Å². The van der Waals surface area contributed by atoms with E-state index in [0.717, 1.165) is 25.8 Å². The van der Waals surface area contributed by atoms with Crippen molar-refractivity contribution in [2.24, 2.45) is 5.41 Å². The molecule has 21 heavy (non-hydrogen) atoms. The lowest BCUT2D eigenvalue weighted by atomic mass is 9.77. The van der Waals surface area contributed by atoms with Crippen LogP contribution in [-0.4, -0.2) is 37.0 Å². The van der Waals surface area contributed by atoms with Crippen LogP contribution in [0.4, 0.5) is 0 Å². The third-order valence-electron chi connectivity index (χ3n) is 4.92. The quantitative estimate of drug-likeness (QED) is 0.921. The third kappa shape index (κ3) is 2.72. The second-order valence-electron chi connectivity index (χ2n) is 6.75. The van der Waals surface area contributed by atoms with Gasteiger partial charge in [0, 0.05) is 33.2 Å². The van der Waals surface area contributed by atoms with E-state index in [2.05, 4.69) is 29.3 Å². The third-order valence-corrected chi connectivity index (χ3v) is 4.92. The van der Waals surface area contributed by atoms with Crippen LogP contribution in [0.1, 0.15) is 57.3 Å². The van der Waals surface area contributed by atoms with E-state index in [1.807, 2.05) is 0 Å². The number of methoxy groups -OCH3 is 1. The van der Waals surface area contributed by atoms with Crippen molar-refractivity contribution >= 4 is 0 Å². The van der Waals surface area contributed by atoms with Crippen LogP contribution in [0.2, 0.25) is 0 Å². The van der Waals surface area contributed by atoms with E-state index in [0.29, 0.717) is 24.9 Å². The van der Waals surface area contributed by atoms with Crippen LogP contribution in [-0.2, 0) is 15.1 Å². The van der Waals surface area contributed by atoms with E-state index in [1.165, 1.54) is 6.42 Å². The Labute approximate surface area is 125 Å². The van der Waals surface area contributed by atoms with Gasteiger partial charge in [0.15, 0.2) is 0 Å². The molecule has 1 atom stereocenters. The number of piperidine rings is 1. The summed E-state index contributed by atoms with van der Waals surface area (Å²) in [7, 11) is 1.71. The van der Waals surface area contributed by atoms with Gasteiger partial charge in [-0.1, -0.05) is 19.0 Å². The summed E-state index contributed by atoms with van der Waals surface area (Å²) in [5.74, 6) is 1.34. The van der Waals surface area contributed by atoms with Crippen molar-refractivity contribution in [1.82, 2.24) is 15.5 Å². The van der Waals surface area contributed by atoms with Gasteiger partial charge >= 0.3 is 0 Å². The predicted molar refractivity (Wildman–Crippen MR) is 76.8 cm³/mol. The van der Waals surface area contributed by atoms with Crippen molar-refractivity contribution < 1.29 is 14.0 Å². The van der Waals surface area contributed by atoms with Gasteiger partial charge in [0.1, 0.15) is 5.60 Å². The highest BCUT2D eigenvalue weighted by Gasteiger charge is 2.42. The fourth-order valence-corrected chi connectivity index (χ4v) is 3.39. The minimum Gasteiger partial charge on any atom is -0.381 e. The molecule has 3 heterocycles. The average molecular weight is 295 g/mol. The Morgan fingerprint density at radius 2 is 2.00 bits per heavy atom. The molecule has 2 aliphatic heterocycles. The smallest absolute Gasteiger partial charge is 0.244 e. The van der Waals surface area contributed by atoms with Gasteiger partial charge < -0.3 is 19.3 Å². The predicted octanol–water partition coefficient (Wildman–Crippen LogP) is 2.17. The van der Waals surface area contributed by atoms with Gasteiger partial charge in [0.05, 0.1) is 6.04 Å². The lowest BCUT2D eigenvalue weighted by Gasteiger charge is -2.37. The van der Waals surface area contributed by atoms with Crippen LogP contribution in [0, 0.1) is 5.41 Å². The molecular weight excluding hydrogens is 270 g/mol. The molecule has 0 aliphatic carbocycles. The Bertz CT molecular complexity index is 480. The summed E-state index contributed by atoms with van der Waals surface area (Å²) in [6, 6.07) is 0.112. The molecular formula is C15H25N3O3. The summed E-state index contributed by atoms with van der Waals surface area (Å²) in [5, 5.41) is 7.73. The molecule has 0 saturated carbocycles. The van der Waals surface area contributed by atoms with Gasteiger partial charge in [-0.25, -0.2) is 0 Å². The number of nitrogens with zero attached hydrogens (tertiary/aromatic N) is 2. The summed E-state index contributed by atoms with van der Waals surface area (Å²) in [4.78, 5) is 4.68. The van der Waals surface area contributed by atoms with Crippen LogP contribution in [0.3, 0.4) is 0 Å². The molecule has 0 radical (unpaired) electrons. The number of hydrogen-bond acceptors (Lipinski definition) is 6. The van der Waals surface area contributed by atoms with E-state index >= 15 is 0 Å². The van der Waals surface area contributed by atoms with Crippen molar-refractivity contribution in [2.75, 3.05) is 26.9 Å². The second-order valence-corrected chi connectivity index (χ2v) is 6.75. The summed E-state index contributed by atoms with van der Waals surface area (Å²) < 4.78 is 16.7. The molecule has 6 heteroatoms. The molecule has 118 valence electrons. The highest BCUT2D eigenvalue weighted by Crippen LogP contribution is 2.41. The maximum absolute atomic E-state index is 5.73. The first-order chi connectivity index (χ1) is 10.1. The Kier molecular flexibility index (Phi) is 4.03. The molecule has 3 rings (SSSR count). The molecule has 2 saturated heterocycles. The van der Waals surface area contributed by atoms with Crippen molar-refractivity contribution in [1.29, 1.82) is 0 Å². The van der Waals surface area contributed by atoms with E-state index < -0.39 is 5.60 Å². The highest BCUT2D eigenvalue weighted by molar-refractivity contribution is 5.07. The summed E-state index contributed by atoms with van der Waals surface area (Å²) in [6.07, 6.45) is 3.88. The van der Waals surface area contributed by atoms with Gasteiger partial charge in [-0.2, -0.15) is 4.98 Å². The lowest BCUT2D eigenvalue weighted by molar-refractivity contribution is -0.101. The molecule has 1 N–H and O–H groups in total. The van der Waals surface area contributed by atoms with Crippen LogP contribution in [0.25, 0.3) is 0 Å². The van der Waals surface area contributed by atoms with Gasteiger partial charge in [-0.05, 0) is 24.8 Å². The van der Waals surface area contributed by atoms with E-state index in [4.69, 9.17) is 14.0 Å². The zero-order valence-electron chi connectivity index (χ0n) is 13.1. The van der Waals surface area contributed by atoms with Crippen LogP contribution < -0.4 is 5.32 Å². The lowest BCUT2D eigenvalue weighted by Crippen LogP contribution is -2.40. The second kappa shape index (κ2) is 5.66. The summed E-state index contributed by atoms with van der Waals surface area (Å²) in [6.45, 7) is 6.83. The number of ether oxygens (including phenoxy) is 2. The van der Waals surface area contributed by atoms with Gasteiger partial charge in [-0.3, -0.25) is 0 Å². The zero-order valence-corrected chi connectivity index (χ0v) is 13.1. The molecule has 0 bridgehead atoms. The Hall–Kier alpha value is -0.980. The number of rotatable bonds is 3. The fourth-order valence-electron chi connectivity index (χ4n) is 3.39. The summed E-state index contributed by atoms with van der Waals surface area (Å²) >= 11 is 0. The SMILES string of the molecule is COC1(c2noc(C3NCCCC3(C)C)n2)CCOCC1. The van der Waals surface area contributed by atoms with Gasteiger partial charge in [0.25, 0.3) is 0 Å². The van der Waals surface area contributed by atoms with Crippen LogP contribution in [0.15, 0.2) is 4.52 Å². The molecule has 1 aromatic heterocycles. The van der Waals surface area contributed by atoms with Gasteiger partial charge in [-0.15, -0.1) is 0 Å². The van der Waals surface area contributed by atoms with Crippen molar-refractivity contribution in [2.45, 2.75) is 51.2 Å². The number of nitrogens with one attached hydrogen (secondary N) is 1. The van der Waals surface area contributed by atoms with Crippen molar-refractivity contribution in [3.63, 3.8) is 0 Å². The minimum absolute atomic E-state index is 0.112. The standard InChI is InChI=1S/C15H25N3O3/c1-14(2)5-4-8-16-11(14)12-17-13(18-21-12)15(19-3)6-9-20-10-7-15/h11,16H,4-10H2,1-3H3. The van der Waals surface area contributed by atoms with Crippen LogP contribution >= 0.6 is 0 Å². The van der Waals surface area contributed by atoms with Crippen molar-refractivity contribution in [3.05, 3.63) is 11.7 Å². The minimum atomic E-state index is -0.460. The molecule has 2 fully saturated rings. The molecule has 0 amide bonds. The Balaban J connectivity index is 1.85. The van der Waals surface area contributed by atoms with Crippen molar-refractivity contribution in [3.8, 4) is 0 Å². The fraction of sp³-hybridized carbons (Fsp3) is 0.867.